The molecule has 0 fully saturated rings. The molecular weight excluding hydrogens is 196 g/mol. The Morgan fingerprint density at radius 3 is 2.40 bits per heavy atom. The zero-order valence-corrected chi connectivity index (χ0v) is 9.59. The summed E-state index contributed by atoms with van der Waals surface area (Å²) in [7, 11) is 1.76. The highest BCUT2D eigenvalue weighted by Gasteiger charge is 2.31. The van der Waals surface area contributed by atoms with Gasteiger partial charge in [0.25, 0.3) is 0 Å². The molecule has 1 atom stereocenters. The Morgan fingerprint density at radius 1 is 1.40 bits per heavy atom. The lowest BCUT2D eigenvalue weighted by Crippen LogP contribution is -2.41. The molecule has 0 aromatic rings. The number of nitrogens with one attached hydrogen (secondary N) is 2. The van der Waals surface area contributed by atoms with Crippen LogP contribution in [0.1, 0.15) is 26.7 Å². The second-order valence-corrected chi connectivity index (χ2v) is 3.85. The van der Waals surface area contributed by atoms with E-state index in [1.54, 1.807) is 20.9 Å². The molecule has 1 amide bonds. The summed E-state index contributed by atoms with van der Waals surface area (Å²) in [6, 6.07) is 0. The predicted octanol–water partition coefficient (Wildman–Crippen LogP) is 0.213. The number of carbonyl (C=O) groups excluding carboxylic acids is 1. The van der Waals surface area contributed by atoms with Crippen LogP contribution in [0, 0.1) is 5.41 Å². The van der Waals surface area contributed by atoms with Crippen molar-refractivity contribution in [2.24, 2.45) is 5.41 Å². The number of hydrogen-bond donors (Lipinski definition) is 3. The van der Waals surface area contributed by atoms with Gasteiger partial charge in [-0.1, -0.05) is 6.92 Å². The molecule has 0 aromatic carbocycles. The maximum atomic E-state index is 11.2. The molecule has 0 radical (unpaired) electrons. The summed E-state index contributed by atoms with van der Waals surface area (Å²) < 4.78 is 0. The summed E-state index contributed by atoms with van der Waals surface area (Å²) in [4.78, 5) is 22.2. The average molecular weight is 216 g/mol. The van der Waals surface area contributed by atoms with Crippen molar-refractivity contribution in [3.8, 4) is 0 Å². The predicted molar refractivity (Wildman–Crippen MR) is 57.6 cm³/mol. The van der Waals surface area contributed by atoms with Gasteiger partial charge < -0.3 is 15.7 Å². The molecule has 0 spiro atoms. The van der Waals surface area contributed by atoms with Crippen LogP contribution in [0.25, 0.3) is 0 Å². The van der Waals surface area contributed by atoms with E-state index in [4.69, 9.17) is 5.11 Å². The van der Waals surface area contributed by atoms with Crippen LogP contribution in [-0.2, 0) is 9.59 Å². The van der Waals surface area contributed by atoms with Crippen LogP contribution in [0.15, 0.2) is 0 Å². The van der Waals surface area contributed by atoms with Crippen molar-refractivity contribution in [1.29, 1.82) is 0 Å². The maximum Gasteiger partial charge on any atom is 0.311 e. The molecular formula is C10H20N2O3. The average Bonchev–Trinajstić information content (AvgIpc) is 2.22. The van der Waals surface area contributed by atoms with E-state index in [-0.39, 0.29) is 12.5 Å². The zero-order chi connectivity index (χ0) is 11.9. The Hall–Kier alpha value is -1.10. The Bertz CT molecular complexity index is 231. The lowest BCUT2D eigenvalue weighted by atomic mass is 9.88. The van der Waals surface area contributed by atoms with Gasteiger partial charge in [-0.2, -0.15) is 0 Å². The number of carbonyl (C=O) groups is 2. The monoisotopic (exact) mass is 216 g/mol. The van der Waals surface area contributed by atoms with Gasteiger partial charge in [-0.15, -0.1) is 0 Å². The van der Waals surface area contributed by atoms with Crippen molar-refractivity contribution in [2.75, 3.05) is 20.1 Å². The van der Waals surface area contributed by atoms with E-state index in [0.29, 0.717) is 19.4 Å². The summed E-state index contributed by atoms with van der Waals surface area (Å²) in [6.07, 6.45) is 0.866. The van der Waals surface area contributed by atoms with Gasteiger partial charge in [0.05, 0.1) is 5.41 Å². The first-order chi connectivity index (χ1) is 6.96. The van der Waals surface area contributed by atoms with Gasteiger partial charge in [-0.25, -0.2) is 0 Å². The number of amides is 1. The number of hydrogen-bond acceptors (Lipinski definition) is 3. The third-order valence-corrected chi connectivity index (χ3v) is 2.57. The largest absolute Gasteiger partial charge is 0.481 e. The Kier molecular flexibility index (Phi) is 5.93. The Balaban J connectivity index is 4.01. The second kappa shape index (κ2) is 6.40. The van der Waals surface area contributed by atoms with Gasteiger partial charge >= 0.3 is 5.97 Å². The fourth-order valence-corrected chi connectivity index (χ4v) is 0.972. The van der Waals surface area contributed by atoms with Gasteiger partial charge in [-0.05, 0) is 20.4 Å². The van der Waals surface area contributed by atoms with Crippen molar-refractivity contribution < 1.29 is 14.7 Å². The zero-order valence-electron chi connectivity index (χ0n) is 9.59. The van der Waals surface area contributed by atoms with E-state index in [1.165, 1.54) is 0 Å². The molecule has 0 aliphatic carbocycles. The maximum absolute atomic E-state index is 11.2. The highest BCUT2D eigenvalue weighted by molar-refractivity contribution is 5.78. The Morgan fingerprint density at radius 2 is 2.00 bits per heavy atom. The molecule has 0 aliphatic rings. The third-order valence-electron chi connectivity index (χ3n) is 2.57. The van der Waals surface area contributed by atoms with E-state index < -0.39 is 11.4 Å². The van der Waals surface area contributed by atoms with Crippen molar-refractivity contribution in [1.82, 2.24) is 10.6 Å². The molecule has 15 heavy (non-hydrogen) atoms. The highest BCUT2D eigenvalue weighted by Crippen LogP contribution is 2.19. The molecule has 0 saturated carbocycles. The van der Waals surface area contributed by atoms with Gasteiger partial charge in [-0.3, -0.25) is 9.59 Å². The van der Waals surface area contributed by atoms with Crippen LogP contribution in [-0.4, -0.2) is 37.1 Å². The number of carboxylic acid groups (broad SMARTS) is 1. The van der Waals surface area contributed by atoms with Gasteiger partial charge in [0.1, 0.15) is 0 Å². The summed E-state index contributed by atoms with van der Waals surface area (Å²) >= 11 is 0. The van der Waals surface area contributed by atoms with Crippen LogP contribution in [0.3, 0.4) is 0 Å². The lowest BCUT2D eigenvalue weighted by molar-refractivity contribution is -0.148. The molecule has 1 unspecified atom stereocenters. The number of carboxylic acids is 1. The van der Waals surface area contributed by atoms with E-state index in [2.05, 4.69) is 10.6 Å². The minimum Gasteiger partial charge on any atom is -0.481 e. The quantitative estimate of drug-likeness (QED) is 0.568. The van der Waals surface area contributed by atoms with Crippen molar-refractivity contribution in [3.63, 3.8) is 0 Å². The minimum absolute atomic E-state index is 0.120. The van der Waals surface area contributed by atoms with E-state index >= 15 is 0 Å². The molecule has 88 valence electrons. The normalized spacial score (nSPS) is 14.3. The fourth-order valence-electron chi connectivity index (χ4n) is 0.972. The summed E-state index contributed by atoms with van der Waals surface area (Å²) in [5, 5.41) is 14.4. The first-order valence-corrected chi connectivity index (χ1v) is 5.11. The van der Waals surface area contributed by atoms with Crippen LogP contribution < -0.4 is 10.6 Å². The molecule has 0 aliphatic heterocycles. The Labute approximate surface area is 90.2 Å². The lowest BCUT2D eigenvalue weighted by Gasteiger charge is -2.23. The molecule has 0 heterocycles. The van der Waals surface area contributed by atoms with Crippen LogP contribution in [0.2, 0.25) is 0 Å². The molecule has 5 nitrogen and oxygen atoms in total. The number of aliphatic carboxylic acids is 1. The van der Waals surface area contributed by atoms with E-state index in [1.807, 2.05) is 0 Å². The summed E-state index contributed by atoms with van der Waals surface area (Å²) in [6.45, 7) is 4.21. The summed E-state index contributed by atoms with van der Waals surface area (Å²) in [5.41, 5.74) is -0.866. The van der Waals surface area contributed by atoms with E-state index in [9.17, 15) is 9.59 Å². The standard InChI is InChI=1S/C10H20N2O3/c1-4-10(2,9(14)15)7-12-8(13)5-6-11-3/h11H,4-7H2,1-3H3,(H,12,13)(H,14,15). The van der Waals surface area contributed by atoms with Crippen molar-refractivity contribution >= 4 is 11.9 Å². The third kappa shape index (κ3) is 4.78. The molecule has 5 heteroatoms. The second-order valence-electron chi connectivity index (χ2n) is 3.85. The van der Waals surface area contributed by atoms with Gasteiger partial charge in [0.2, 0.25) is 5.91 Å². The van der Waals surface area contributed by atoms with Crippen LogP contribution in [0.4, 0.5) is 0 Å². The number of rotatable bonds is 7. The van der Waals surface area contributed by atoms with Gasteiger partial charge in [0.15, 0.2) is 0 Å². The molecule has 0 saturated heterocycles. The smallest absolute Gasteiger partial charge is 0.311 e. The van der Waals surface area contributed by atoms with Crippen molar-refractivity contribution in [2.45, 2.75) is 26.7 Å². The molecule has 0 aromatic heterocycles. The SMILES string of the molecule is CCC(C)(CNC(=O)CCNC)C(=O)O. The summed E-state index contributed by atoms with van der Waals surface area (Å²) in [5.74, 6) is -0.996. The highest BCUT2D eigenvalue weighted by atomic mass is 16.4. The van der Waals surface area contributed by atoms with Crippen LogP contribution >= 0.6 is 0 Å². The van der Waals surface area contributed by atoms with E-state index in [0.717, 1.165) is 0 Å². The first-order valence-electron chi connectivity index (χ1n) is 5.11. The minimum atomic E-state index is -0.876. The fraction of sp³-hybridized carbons (Fsp3) is 0.800. The first kappa shape index (κ1) is 13.9. The molecule has 3 N–H and O–H groups in total. The van der Waals surface area contributed by atoms with Gasteiger partial charge in [0, 0.05) is 19.5 Å². The topological polar surface area (TPSA) is 78.4 Å². The molecule has 0 rings (SSSR count). The molecule has 0 bridgehead atoms. The van der Waals surface area contributed by atoms with Crippen molar-refractivity contribution in [3.05, 3.63) is 0 Å². The van der Waals surface area contributed by atoms with Crippen LogP contribution in [0.5, 0.6) is 0 Å².